The van der Waals surface area contributed by atoms with Crippen molar-refractivity contribution in [2.24, 2.45) is 0 Å². The lowest BCUT2D eigenvalue weighted by Crippen LogP contribution is -2.30. The van der Waals surface area contributed by atoms with Gasteiger partial charge in [0, 0.05) is 12.3 Å². The average Bonchev–Trinajstić information content (AvgIpc) is 2.68. The Bertz CT molecular complexity index is 1130. The molecule has 28 heavy (non-hydrogen) atoms. The summed E-state index contributed by atoms with van der Waals surface area (Å²) in [6, 6.07) is 14.4. The zero-order valence-corrected chi connectivity index (χ0v) is 15.6. The smallest absolute Gasteiger partial charge is 0.434 e. The fourth-order valence-electron chi connectivity index (χ4n) is 2.38. The van der Waals surface area contributed by atoms with Crippen molar-refractivity contribution in [1.82, 2.24) is 9.71 Å². The van der Waals surface area contributed by atoms with Crippen LogP contribution in [0.2, 0.25) is 0 Å². The number of pyridine rings is 1. The largest absolute Gasteiger partial charge is 0.515 e. The minimum absolute atomic E-state index is 0.0134. The second-order valence-corrected chi connectivity index (χ2v) is 7.30. The molecule has 0 aliphatic heterocycles. The van der Waals surface area contributed by atoms with E-state index in [0.29, 0.717) is 0 Å². The Balaban J connectivity index is 1.74. The second kappa shape index (κ2) is 8.05. The van der Waals surface area contributed by atoms with Crippen molar-refractivity contribution in [1.29, 1.82) is 0 Å². The topological polar surface area (TPSA) is 112 Å². The molecule has 2 aromatic carbocycles. The van der Waals surface area contributed by atoms with Gasteiger partial charge in [-0.1, -0.05) is 30.3 Å². The monoisotopic (exact) mass is 400 g/mol. The predicted molar refractivity (Wildman–Crippen MR) is 100 cm³/mol. The lowest BCUT2D eigenvalue weighted by atomic mass is 10.1. The number of ether oxygens (including phenoxy) is 2. The summed E-state index contributed by atoms with van der Waals surface area (Å²) in [5.41, 5.74) is -0.0134. The van der Waals surface area contributed by atoms with Gasteiger partial charge in [-0.25, -0.2) is 22.9 Å². The maximum Gasteiger partial charge on any atom is 0.515 e. The zero-order chi connectivity index (χ0) is 20.1. The van der Waals surface area contributed by atoms with E-state index in [1.807, 2.05) is 16.9 Å². The van der Waals surface area contributed by atoms with Crippen LogP contribution >= 0.6 is 0 Å². The second-order valence-electron chi connectivity index (χ2n) is 5.61. The number of benzene rings is 2. The maximum atomic E-state index is 12.5. The normalized spacial score (nSPS) is 11.0. The van der Waals surface area contributed by atoms with Crippen LogP contribution in [-0.2, 0) is 14.8 Å². The first-order valence-electron chi connectivity index (χ1n) is 8.25. The van der Waals surface area contributed by atoms with Crippen LogP contribution in [-0.4, -0.2) is 32.1 Å². The molecule has 0 fully saturated rings. The minimum Gasteiger partial charge on any atom is -0.434 e. The van der Waals surface area contributed by atoms with E-state index in [1.54, 1.807) is 25.1 Å². The number of carbonyl (C=O) groups excluding carboxylic acids is 2. The highest BCUT2D eigenvalue weighted by atomic mass is 32.2. The Labute approximate surface area is 161 Å². The van der Waals surface area contributed by atoms with Crippen molar-refractivity contribution in [2.45, 2.75) is 11.8 Å². The van der Waals surface area contributed by atoms with Gasteiger partial charge in [-0.15, -0.1) is 0 Å². The van der Waals surface area contributed by atoms with Gasteiger partial charge in [0.1, 0.15) is 0 Å². The van der Waals surface area contributed by atoms with Crippen LogP contribution in [0.15, 0.2) is 65.7 Å². The van der Waals surface area contributed by atoms with Crippen molar-refractivity contribution in [3.8, 4) is 5.88 Å². The molecule has 0 saturated heterocycles. The van der Waals surface area contributed by atoms with E-state index in [2.05, 4.69) is 9.72 Å². The minimum atomic E-state index is -4.07. The molecule has 9 heteroatoms. The van der Waals surface area contributed by atoms with Crippen LogP contribution in [0, 0.1) is 0 Å². The molecule has 1 aromatic heterocycles. The number of fused-ring (bicyclic) bond motifs is 1. The Hall–Kier alpha value is -3.46. The Kier molecular flexibility index (Phi) is 5.55. The highest BCUT2D eigenvalue weighted by Gasteiger charge is 2.19. The molecule has 8 nitrogen and oxygen atoms in total. The molecule has 0 saturated carbocycles. The van der Waals surface area contributed by atoms with Gasteiger partial charge in [-0.05, 0) is 35.9 Å². The Morgan fingerprint density at radius 3 is 2.46 bits per heavy atom. The summed E-state index contributed by atoms with van der Waals surface area (Å²) in [5.74, 6) is -0.935. The summed E-state index contributed by atoms with van der Waals surface area (Å²) in [6.45, 7) is 1.77. The molecule has 0 aliphatic carbocycles. The van der Waals surface area contributed by atoms with Gasteiger partial charge in [0.25, 0.3) is 15.9 Å². The number of hydrogen-bond acceptors (Lipinski definition) is 7. The number of rotatable bonds is 5. The molecular weight excluding hydrogens is 384 g/mol. The van der Waals surface area contributed by atoms with Gasteiger partial charge in [0.2, 0.25) is 5.88 Å². The Morgan fingerprint density at radius 2 is 1.79 bits per heavy atom. The van der Waals surface area contributed by atoms with Crippen LogP contribution in [0.25, 0.3) is 10.8 Å². The third-order valence-corrected chi connectivity index (χ3v) is 5.04. The molecule has 0 unspecified atom stereocenters. The molecule has 1 N–H and O–H groups in total. The predicted octanol–water partition coefficient (Wildman–Crippen LogP) is 2.89. The van der Waals surface area contributed by atoms with Crippen molar-refractivity contribution in [3.63, 3.8) is 0 Å². The number of aromatic nitrogens is 1. The van der Waals surface area contributed by atoms with Crippen LogP contribution < -0.4 is 9.46 Å². The molecule has 3 aromatic rings. The Morgan fingerprint density at radius 1 is 1.04 bits per heavy atom. The molecule has 0 radical (unpaired) electrons. The summed E-state index contributed by atoms with van der Waals surface area (Å²) in [4.78, 5) is 27.3. The SMILES string of the molecule is CCOC(=O)Oc1ccc(C(=O)NS(=O)(=O)c2ccc3ccccc3c2)cn1. The first-order chi connectivity index (χ1) is 13.4. The quantitative estimate of drug-likeness (QED) is 0.655. The lowest BCUT2D eigenvalue weighted by molar-refractivity contribution is 0.0981. The van der Waals surface area contributed by atoms with E-state index < -0.39 is 22.1 Å². The first kappa shape index (κ1) is 19.3. The van der Waals surface area contributed by atoms with Crippen molar-refractivity contribution >= 4 is 32.9 Å². The van der Waals surface area contributed by atoms with Gasteiger partial charge in [0.15, 0.2) is 0 Å². The molecule has 1 heterocycles. The fourth-order valence-corrected chi connectivity index (χ4v) is 3.39. The molecule has 0 bridgehead atoms. The third kappa shape index (κ3) is 4.44. The summed E-state index contributed by atoms with van der Waals surface area (Å²) in [7, 11) is -4.07. The van der Waals surface area contributed by atoms with Crippen LogP contribution in [0.1, 0.15) is 17.3 Å². The van der Waals surface area contributed by atoms with E-state index in [4.69, 9.17) is 4.74 Å². The van der Waals surface area contributed by atoms with Gasteiger partial charge in [0.05, 0.1) is 17.1 Å². The zero-order valence-electron chi connectivity index (χ0n) is 14.8. The summed E-state index contributed by atoms with van der Waals surface area (Å²) >= 11 is 0. The highest BCUT2D eigenvalue weighted by molar-refractivity contribution is 7.90. The van der Waals surface area contributed by atoms with Crippen molar-refractivity contribution in [3.05, 3.63) is 66.4 Å². The van der Waals surface area contributed by atoms with Gasteiger partial charge in [-0.3, -0.25) is 4.79 Å². The van der Waals surface area contributed by atoms with Crippen LogP contribution in [0.3, 0.4) is 0 Å². The molecule has 0 atom stereocenters. The van der Waals surface area contributed by atoms with Crippen molar-refractivity contribution in [2.75, 3.05) is 6.61 Å². The van der Waals surface area contributed by atoms with E-state index >= 15 is 0 Å². The molecule has 0 spiro atoms. The van der Waals surface area contributed by atoms with E-state index in [-0.39, 0.29) is 22.9 Å². The molecule has 0 aliphatic rings. The van der Waals surface area contributed by atoms with Crippen LogP contribution in [0.5, 0.6) is 5.88 Å². The summed E-state index contributed by atoms with van der Waals surface area (Å²) in [6.07, 6.45) is 0.172. The third-order valence-electron chi connectivity index (χ3n) is 3.71. The van der Waals surface area contributed by atoms with Crippen LogP contribution in [0.4, 0.5) is 4.79 Å². The van der Waals surface area contributed by atoms with Gasteiger partial charge >= 0.3 is 6.16 Å². The van der Waals surface area contributed by atoms with Gasteiger partial charge < -0.3 is 9.47 Å². The van der Waals surface area contributed by atoms with Gasteiger partial charge in [-0.2, -0.15) is 0 Å². The van der Waals surface area contributed by atoms with Crippen molar-refractivity contribution < 1.29 is 27.5 Å². The molecule has 1 amide bonds. The van der Waals surface area contributed by atoms with E-state index in [0.717, 1.165) is 17.0 Å². The molecule has 3 rings (SSSR count). The number of amides is 1. The number of nitrogens with one attached hydrogen (secondary N) is 1. The number of nitrogens with zero attached hydrogens (tertiary/aromatic N) is 1. The van der Waals surface area contributed by atoms with E-state index in [1.165, 1.54) is 24.3 Å². The molecule has 144 valence electrons. The number of sulfonamides is 1. The average molecular weight is 400 g/mol. The maximum absolute atomic E-state index is 12.5. The number of hydrogen-bond donors (Lipinski definition) is 1. The summed E-state index contributed by atoms with van der Waals surface area (Å²) < 4.78 is 36.4. The standard InChI is InChI=1S/C19H16N2O6S/c1-2-26-19(23)27-17-10-8-15(12-20-17)18(22)21-28(24,25)16-9-7-13-5-3-4-6-14(13)11-16/h3-12H,2H2,1H3,(H,21,22). The molecular formula is C19H16N2O6S. The highest BCUT2D eigenvalue weighted by Crippen LogP contribution is 2.19. The number of carbonyl (C=O) groups is 2. The first-order valence-corrected chi connectivity index (χ1v) is 9.74. The van der Waals surface area contributed by atoms with E-state index in [9.17, 15) is 18.0 Å². The lowest BCUT2D eigenvalue weighted by Gasteiger charge is -2.08. The fraction of sp³-hybridized carbons (Fsp3) is 0.105. The summed E-state index contributed by atoms with van der Waals surface area (Å²) in [5, 5.41) is 1.62.